The number of carbonyl (C=O) groups is 1. The highest BCUT2D eigenvalue weighted by Gasteiger charge is 2.06. The molecule has 1 aromatic heterocycles. The van der Waals surface area contributed by atoms with Crippen molar-refractivity contribution >= 4 is 11.6 Å². The maximum atomic E-state index is 11.9. The monoisotopic (exact) mass is 258 g/mol. The zero-order chi connectivity index (χ0) is 13.7. The van der Waals surface area contributed by atoms with Crippen molar-refractivity contribution < 1.29 is 9.90 Å². The van der Waals surface area contributed by atoms with Gasteiger partial charge in [0.25, 0.3) is 5.91 Å². The molecule has 98 valence electrons. The molecule has 0 aliphatic heterocycles. The number of aliphatic hydroxyl groups is 1. The van der Waals surface area contributed by atoms with Crippen molar-refractivity contribution in [3.05, 3.63) is 64.1 Å². The third-order valence-corrected chi connectivity index (χ3v) is 2.65. The molecule has 5 heteroatoms. The molecular weight excluding hydrogens is 244 g/mol. The van der Waals surface area contributed by atoms with Gasteiger partial charge in [-0.05, 0) is 30.2 Å². The summed E-state index contributed by atoms with van der Waals surface area (Å²) in [6.45, 7) is 0.0957. The number of amides is 1. The van der Waals surface area contributed by atoms with E-state index >= 15 is 0 Å². The molecule has 1 amide bonds. The van der Waals surface area contributed by atoms with Crippen LogP contribution in [-0.4, -0.2) is 22.6 Å². The van der Waals surface area contributed by atoms with Gasteiger partial charge in [-0.15, -0.1) is 0 Å². The second-order valence-electron chi connectivity index (χ2n) is 4.07. The molecule has 0 saturated heterocycles. The van der Waals surface area contributed by atoms with Crippen LogP contribution in [0.2, 0.25) is 0 Å². The summed E-state index contributed by atoms with van der Waals surface area (Å²) in [6.07, 6.45) is 2.02. The summed E-state index contributed by atoms with van der Waals surface area (Å²) in [6, 6.07) is 9.98. The highest BCUT2D eigenvalue weighted by atomic mass is 16.3. The van der Waals surface area contributed by atoms with Gasteiger partial charge in [-0.1, -0.05) is 12.1 Å². The minimum absolute atomic E-state index is 0.0957. The predicted molar refractivity (Wildman–Crippen MR) is 72.2 cm³/mol. The van der Waals surface area contributed by atoms with E-state index in [-0.39, 0.29) is 18.1 Å². The number of anilines is 1. The molecule has 0 unspecified atom stereocenters. The molecule has 1 aromatic carbocycles. The average molecular weight is 258 g/mol. The smallest absolute Gasteiger partial charge is 0.255 e. The molecule has 5 nitrogen and oxygen atoms in total. The first-order valence-corrected chi connectivity index (χ1v) is 5.89. The van der Waals surface area contributed by atoms with Crippen LogP contribution < -0.4 is 10.9 Å². The Morgan fingerprint density at radius 2 is 1.95 bits per heavy atom. The van der Waals surface area contributed by atoms with E-state index in [1.807, 2.05) is 12.1 Å². The number of hydrogen-bond donors (Lipinski definition) is 3. The number of carbonyl (C=O) groups excluding carboxylic acids is 1. The number of aromatic amines is 1. The molecule has 0 atom stereocenters. The van der Waals surface area contributed by atoms with Crippen LogP contribution in [0.5, 0.6) is 0 Å². The van der Waals surface area contributed by atoms with Crippen molar-refractivity contribution in [2.24, 2.45) is 0 Å². The molecular formula is C14H14N2O3. The number of pyridine rings is 1. The largest absolute Gasteiger partial charge is 0.396 e. The average Bonchev–Trinajstić information content (AvgIpc) is 2.41. The number of rotatable bonds is 4. The van der Waals surface area contributed by atoms with E-state index in [0.717, 1.165) is 5.56 Å². The van der Waals surface area contributed by atoms with Crippen LogP contribution in [-0.2, 0) is 6.42 Å². The second-order valence-corrected chi connectivity index (χ2v) is 4.07. The summed E-state index contributed by atoms with van der Waals surface area (Å²) >= 11 is 0. The third kappa shape index (κ3) is 3.53. The topological polar surface area (TPSA) is 82.2 Å². The van der Waals surface area contributed by atoms with Crippen LogP contribution in [0.15, 0.2) is 47.4 Å². The van der Waals surface area contributed by atoms with Gasteiger partial charge in [-0.3, -0.25) is 9.59 Å². The van der Waals surface area contributed by atoms with E-state index in [2.05, 4.69) is 10.3 Å². The quantitative estimate of drug-likeness (QED) is 0.769. The number of hydrogen-bond acceptors (Lipinski definition) is 3. The minimum atomic E-state index is -0.332. The Hall–Kier alpha value is -2.40. The molecule has 0 saturated carbocycles. The van der Waals surface area contributed by atoms with E-state index in [9.17, 15) is 9.59 Å². The van der Waals surface area contributed by atoms with E-state index in [1.54, 1.807) is 12.1 Å². The Morgan fingerprint density at radius 1 is 1.21 bits per heavy atom. The highest BCUT2D eigenvalue weighted by molar-refractivity contribution is 6.04. The molecule has 0 spiro atoms. The molecule has 0 fully saturated rings. The summed E-state index contributed by atoms with van der Waals surface area (Å²) in [5.41, 5.74) is 1.64. The Morgan fingerprint density at radius 3 is 2.58 bits per heavy atom. The van der Waals surface area contributed by atoms with Gasteiger partial charge in [0.2, 0.25) is 5.56 Å². The Labute approximate surface area is 109 Å². The van der Waals surface area contributed by atoms with E-state index in [1.165, 1.54) is 18.3 Å². The molecule has 2 rings (SSSR count). The molecule has 0 aliphatic rings. The van der Waals surface area contributed by atoms with Crippen molar-refractivity contribution in [1.82, 2.24) is 4.98 Å². The second kappa shape index (κ2) is 5.97. The number of aromatic nitrogens is 1. The summed E-state index contributed by atoms with van der Waals surface area (Å²) < 4.78 is 0. The molecule has 1 heterocycles. The minimum Gasteiger partial charge on any atom is -0.396 e. The maximum Gasteiger partial charge on any atom is 0.255 e. The Kier molecular flexibility index (Phi) is 4.10. The third-order valence-electron chi connectivity index (χ3n) is 2.65. The lowest BCUT2D eigenvalue weighted by molar-refractivity contribution is 0.102. The summed E-state index contributed by atoms with van der Waals surface area (Å²) in [4.78, 5) is 25.4. The van der Waals surface area contributed by atoms with Gasteiger partial charge in [0, 0.05) is 30.1 Å². The van der Waals surface area contributed by atoms with Gasteiger partial charge in [0.05, 0.1) is 0 Å². The van der Waals surface area contributed by atoms with Crippen LogP contribution in [0.25, 0.3) is 0 Å². The number of H-pyrrole nitrogens is 1. The standard InChI is InChI=1S/C14H14N2O3/c17-8-6-10-1-3-12(4-2-10)16-14(19)11-5-7-15-13(18)9-11/h1-5,7,9,17H,6,8H2,(H,15,18)(H,16,19). The van der Waals surface area contributed by atoms with Gasteiger partial charge >= 0.3 is 0 Å². The molecule has 19 heavy (non-hydrogen) atoms. The Balaban J connectivity index is 2.08. The van der Waals surface area contributed by atoms with E-state index in [4.69, 9.17) is 5.11 Å². The first-order chi connectivity index (χ1) is 9.19. The summed E-state index contributed by atoms with van der Waals surface area (Å²) in [7, 11) is 0. The number of benzene rings is 1. The predicted octanol–water partition coefficient (Wildman–Crippen LogP) is 1.16. The van der Waals surface area contributed by atoms with Gasteiger partial charge in [-0.2, -0.15) is 0 Å². The van der Waals surface area contributed by atoms with Gasteiger partial charge in [0.15, 0.2) is 0 Å². The fourth-order valence-corrected chi connectivity index (χ4v) is 1.67. The number of aliphatic hydroxyl groups excluding tert-OH is 1. The zero-order valence-electron chi connectivity index (χ0n) is 10.2. The van der Waals surface area contributed by atoms with Crippen molar-refractivity contribution in [2.75, 3.05) is 11.9 Å². The number of nitrogens with one attached hydrogen (secondary N) is 2. The lowest BCUT2D eigenvalue weighted by atomic mass is 10.1. The molecule has 3 N–H and O–H groups in total. The first kappa shape index (κ1) is 13.0. The van der Waals surface area contributed by atoms with Crippen LogP contribution in [0.1, 0.15) is 15.9 Å². The Bertz CT molecular complexity index is 617. The summed E-state index contributed by atoms with van der Waals surface area (Å²) in [5, 5.41) is 11.5. The molecule has 0 bridgehead atoms. The van der Waals surface area contributed by atoms with Gasteiger partial charge in [0.1, 0.15) is 0 Å². The summed E-state index contributed by atoms with van der Waals surface area (Å²) in [5.74, 6) is -0.332. The van der Waals surface area contributed by atoms with E-state index in [0.29, 0.717) is 17.7 Å². The van der Waals surface area contributed by atoms with E-state index < -0.39 is 0 Å². The zero-order valence-corrected chi connectivity index (χ0v) is 10.2. The fraction of sp³-hybridized carbons (Fsp3) is 0.143. The van der Waals surface area contributed by atoms with Crippen molar-refractivity contribution in [1.29, 1.82) is 0 Å². The maximum absolute atomic E-state index is 11.9. The van der Waals surface area contributed by atoms with Gasteiger partial charge in [-0.25, -0.2) is 0 Å². The SMILES string of the molecule is O=C(Nc1ccc(CCO)cc1)c1cc[nH]c(=O)c1. The molecule has 0 aliphatic carbocycles. The lowest BCUT2D eigenvalue weighted by Crippen LogP contribution is -2.15. The van der Waals surface area contributed by atoms with Crippen molar-refractivity contribution in [3.8, 4) is 0 Å². The van der Waals surface area contributed by atoms with Crippen molar-refractivity contribution in [3.63, 3.8) is 0 Å². The lowest BCUT2D eigenvalue weighted by Gasteiger charge is -2.06. The van der Waals surface area contributed by atoms with Gasteiger partial charge < -0.3 is 15.4 Å². The van der Waals surface area contributed by atoms with Crippen LogP contribution >= 0.6 is 0 Å². The van der Waals surface area contributed by atoms with Crippen LogP contribution in [0.4, 0.5) is 5.69 Å². The first-order valence-electron chi connectivity index (χ1n) is 5.89. The fourth-order valence-electron chi connectivity index (χ4n) is 1.67. The highest BCUT2D eigenvalue weighted by Crippen LogP contribution is 2.11. The van der Waals surface area contributed by atoms with Crippen LogP contribution in [0, 0.1) is 0 Å². The van der Waals surface area contributed by atoms with Crippen molar-refractivity contribution in [2.45, 2.75) is 6.42 Å². The molecule has 0 radical (unpaired) electrons. The normalized spacial score (nSPS) is 10.2. The van der Waals surface area contributed by atoms with Crippen LogP contribution in [0.3, 0.4) is 0 Å². The molecule has 2 aromatic rings.